The van der Waals surface area contributed by atoms with E-state index in [2.05, 4.69) is 4.98 Å². The Morgan fingerprint density at radius 1 is 1.07 bits per heavy atom. The van der Waals surface area contributed by atoms with E-state index >= 15 is 0 Å². The van der Waals surface area contributed by atoms with Gasteiger partial charge in [0.05, 0.1) is 19.3 Å². The molecule has 1 aromatic heterocycles. The molecular formula is C24H30N2O3. The zero-order valence-electron chi connectivity index (χ0n) is 17.3. The Kier molecular flexibility index (Phi) is 7.68. The normalized spacial score (nSPS) is 17.2. The molecule has 1 amide bonds. The summed E-state index contributed by atoms with van der Waals surface area (Å²) in [5.74, 6) is 1.47. The molecule has 1 unspecified atom stereocenters. The maximum Gasteiger partial charge on any atom is 0.247 e. The molecule has 29 heavy (non-hydrogen) atoms. The summed E-state index contributed by atoms with van der Waals surface area (Å²) < 4.78 is 11.3. The van der Waals surface area contributed by atoms with E-state index in [1.165, 1.54) is 0 Å². The summed E-state index contributed by atoms with van der Waals surface area (Å²) in [6.07, 6.45) is 11.4. The number of amides is 1. The average molecular weight is 395 g/mol. The van der Waals surface area contributed by atoms with E-state index in [4.69, 9.17) is 9.47 Å². The Morgan fingerprint density at radius 3 is 2.59 bits per heavy atom. The summed E-state index contributed by atoms with van der Waals surface area (Å²) in [6.45, 7) is 5.82. The fourth-order valence-corrected chi connectivity index (χ4v) is 3.74. The van der Waals surface area contributed by atoms with E-state index < -0.39 is 0 Å². The molecule has 0 aliphatic carbocycles. The molecule has 1 fully saturated rings. The van der Waals surface area contributed by atoms with Gasteiger partial charge in [-0.15, -0.1) is 0 Å². The molecule has 154 valence electrons. The first kappa shape index (κ1) is 20.9. The van der Waals surface area contributed by atoms with Crippen LogP contribution in [0.5, 0.6) is 11.5 Å². The van der Waals surface area contributed by atoms with Crippen LogP contribution in [0.3, 0.4) is 0 Å². The van der Waals surface area contributed by atoms with Crippen LogP contribution in [-0.2, 0) is 4.79 Å². The first-order valence-electron chi connectivity index (χ1n) is 10.5. The van der Waals surface area contributed by atoms with Gasteiger partial charge in [-0.05, 0) is 68.2 Å². The van der Waals surface area contributed by atoms with Crippen LogP contribution in [-0.4, -0.2) is 35.5 Å². The van der Waals surface area contributed by atoms with Crippen LogP contribution in [0.15, 0.2) is 48.8 Å². The Morgan fingerprint density at radius 2 is 1.83 bits per heavy atom. The molecule has 1 saturated heterocycles. The zero-order chi connectivity index (χ0) is 20.5. The molecule has 2 aromatic rings. The molecule has 5 nitrogen and oxygen atoms in total. The highest BCUT2D eigenvalue weighted by Crippen LogP contribution is 2.31. The van der Waals surface area contributed by atoms with Gasteiger partial charge in [0.15, 0.2) is 11.5 Å². The summed E-state index contributed by atoms with van der Waals surface area (Å²) in [7, 11) is 0. The standard InChI is InChI=1S/C24H30N2O3/c1-3-28-22-11-9-19(18-23(22)29-4-2)10-12-24(27)26-17-7-5-6-8-21(26)20-13-15-25-16-14-20/h9-16,18,21H,3-8,17H2,1-2H3/b12-10+. The van der Waals surface area contributed by atoms with E-state index in [0.29, 0.717) is 19.0 Å². The summed E-state index contributed by atoms with van der Waals surface area (Å²) in [5.41, 5.74) is 2.07. The van der Waals surface area contributed by atoms with Crippen LogP contribution in [0.25, 0.3) is 6.08 Å². The fourth-order valence-electron chi connectivity index (χ4n) is 3.74. The first-order chi connectivity index (χ1) is 14.2. The SMILES string of the molecule is CCOc1ccc(/C=C/C(=O)N2CCCCCC2c2ccncc2)cc1OCC. The fraction of sp³-hybridized carbons (Fsp3) is 0.417. The number of nitrogens with zero attached hydrogens (tertiary/aromatic N) is 2. The smallest absolute Gasteiger partial charge is 0.247 e. The lowest BCUT2D eigenvalue weighted by Gasteiger charge is -2.29. The second-order valence-corrected chi connectivity index (χ2v) is 7.08. The summed E-state index contributed by atoms with van der Waals surface area (Å²) >= 11 is 0. The van der Waals surface area contributed by atoms with Crippen LogP contribution in [0.2, 0.25) is 0 Å². The van der Waals surface area contributed by atoms with Crippen molar-refractivity contribution in [2.45, 2.75) is 45.6 Å². The molecule has 1 atom stereocenters. The predicted molar refractivity (Wildman–Crippen MR) is 115 cm³/mol. The van der Waals surface area contributed by atoms with Gasteiger partial charge in [0.1, 0.15) is 0 Å². The van der Waals surface area contributed by atoms with Gasteiger partial charge in [0, 0.05) is 25.0 Å². The van der Waals surface area contributed by atoms with Gasteiger partial charge in [-0.3, -0.25) is 9.78 Å². The maximum atomic E-state index is 13.1. The molecule has 3 rings (SSSR count). The van der Waals surface area contributed by atoms with Crippen molar-refractivity contribution in [1.82, 2.24) is 9.88 Å². The second kappa shape index (κ2) is 10.6. The zero-order valence-corrected chi connectivity index (χ0v) is 17.3. The topological polar surface area (TPSA) is 51.7 Å². The number of hydrogen-bond acceptors (Lipinski definition) is 4. The molecule has 2 heterocycles. The average Bonchev–Trinajstić information content (AvgIpc) is 3.01. The van der Waals surface area contributed by atoms with Gasteiger partial charge >= 0.3 is 0 Å². The van der Waals surface area contributed by atoms with Gasteiger partial charge in [-0.25, -0.2) is 0 Å². The third-order valence-electron chi connectivity index (χ3n) is 5.11. The third-order valence-corrected chi connectivity index (χ3v) is 5.11. The lowest BCUT2D eigenvalue weighted by molar-refractivity contribution is -0.128. The van der Waals surface area contributed by atoms with Gasteiger partial charge in [-0.2, -0.15) is 0 Å². The lowest BCUT2D eigenvalue weighted by atomic mass is 10.0. The Labute approximate surface area is 173 Å². The molecule has 0 N–H and O–H groups in total. The monoisotopic (exact) mass is 394 g/mol. The van der Waals surface area contributed by atoms with Gasteiger partial charge < -0.3 is 14.4 Å². The number of rotatable bonds is 7. The molecule has 1 aliphatic rings. The molecule has 1 aliphatic heterocycles. The van der Waals surface area contributed by atoms with Crippen molar-refractivity contribution in [3.05, 3.63) is 59.9 Å². The maximum absolute atomic E-state index is 13.1. The van der Waals surface area contributed by atoms with Crippen LogP contribution >= 0.6 is 0 Å². The number of hydrogen-bond donors (Lipinski definition) is 0. The van der Waals surface area contributed by atoms with E-state index in [-0.39, 0.29) is 11.9 Å². The molecular weight excluding hydrogens is 364 g/mol. The Balaban J connectivity index is 1.78. The molecule has 1 aromatic carbocycles. The first-order valence-corrected chi connectivity index (χ1v) is 10.5. The van der Waals surface area contributed by atoms with Crippen LogP contribution in [0.1, 0.15) is 56.7 Å². The van der Waals surface area contributed by atoms with Gasteiger partial charge in [-0.1, -0.05) is 18.9 Å². The van der Waals surface area contributed by atoms with Crippen molar-refractivity contribution in [2.75, 3.05) is 19.8 Å². The minimum atomic E-state index is 0.0422. The highest BCUT2D eigenvalue weighted by atomic mass is 16.5. The number of carbonyl (C=O) groups excluding carboxylic acids is 1. The predicted octanol–water partition coefficient (Wildman–Crippen LogP) is 5.04. The molecule has 0 radical (unpaired) electrons. The Hall–Kier alpha value is -2.82. The Bertz CT molecular complexity index is 820. The summed E-state index contributed by atoms with van der Waals surface area (Å²) in [4.78, 5) is 19.2. The van der Waals surface area contributed by atoms with Crippen LogP contribution < -0.4 is 9.47 Å². The third kappa shape index (κ3) is 5.59. The van der Waals surface area contributed by atoms with Gasteiger partial charge in [0.25, 0.3) is 0 Å². The van der Waals surface area contributed by atoms with Crippen molar-refractivity contribution in [3.8, 4) is 11.5 Å². The number of aromatic nitrogens is 1. The largest absolute Gasteiger partial charge is 0.490 e. The van der Waals surface area contributed by atoms with Gasteiger partial charge in [0.2, 0.25) is 5.91 Å². The van der Waals surface area contributed by atoms with Crippen LogP contribution in [0, 0.1) is 0 Å². The van der Waals surface area contributed by atoms with Crippen molar-refractivity contribution < 1.29 is 14.3 Å². The quantitative estimate of drug-likeness (QED) is 0.618. The van der Waals surface area contributed by atoms with E-state index in [9.17, 15) is 4.79 Å². The number of ether oxygens (including phenoxy) is 2. The second-order valence-electron chi connectivity index (χ2n) is 7.08. The lowest BCUT2D eigenvalue weighted by Crippen LogP contribution is -2.33. The summed E-state index contributed by atoms with van der Waals surface area (Å²) in [5, 5.41) is 0. The summed E-state index contributed by atoms with van der Waals surface area (Å²) in [6, 6.07) is 9.89. The molecule has 0 spiro atoms. The highest BCUT2D eigenvalue weighted by molar-refractivity contribution is 5.92. The van der Waals surface area contributed by atoms with E-state index in [0.717, 1.165) is 49.1 Å². The number of pyridine rings is 1. The molecule has 0 saturated carbocycles. The molecule has 0 bridgehead atoms. The highest BCUT2D eigenvalue weighted by Gasteiger charge is 2.25. The minimum Gasteiger partial charge on any atom is -0.490 e. The van der Waals surface area contributed by atoms with Crippen molar-refractivity contribution >= 4 is 12.0 Å². The molecule has 5 heteroatoms. The van der Waals surface area contributed by atoms with E-state index in [1.807, 2.05) is 55.2 Å². The van der Waals surface area contributed by atoms with Crippen molar-refractivity contribution in [3.63, 3.8) is 0 Å². The van der Waals surface area contributed by atoms with E-state index in [1.54, 1.807) is 18.5 Å². The number of benzene rings is 1. The number of likely N-dealkylation sites (tertiary alicyclic amines) is 1. The van der Waals surface area contributed by atoms with Crippen molar-refractivity contribution in [2.24, 2.45) is 0 Å². The van der Waals surface area contributed by atoms with Crippen LogP contribution in [0.4, 0.5) is 0 Å². The van der Waals surface area contributed by atoms with Crippen molar-refractivity contribution in [1.29, 1.82) is 0 Å². The number of carbonyl (C=O) groups is 1. The minimum absolute atomic E-state index is 0.0422.